The van der Waals surface area contributed by atoms with Crippen LogP contribution in [0.15, 0.2) is 90.1 Å². The van der Waals surface area contributed by atoms with Crippen molar-refractivity contribution in [2.24, 2.45) is 5.16 Å². The van der Waals surface area contributed by atoms with Crippen molar-refractivity contribution < 1.29 is 21.5 Å². The Morgan fingerprint density at radius 3 is 1.61 bits per heavy atom. The summed E-state index contributed by atoms with van der Waals surface area (Å²) in [4.78, 5) is 0. The molecule has 7 heteroatoms. The van der Waals surface area contributed by atoms with Gasteiger partial charge in [-0.05, 0) is 32.7 Å². The zero-order chi connectivity index (χ0) is 23.4. The Labute approximate surface area is 191 Å². The van der Waals surface area contributed by atoms with E-state index in [0.717, 1.165) is 27.8 Å². The highest BCUT2D eigenvalue weighted by Crippen LogP contribution is 2.35. The molecule has 0 aliphatic heterocycles. The predicted octanol–water partition coefficient (Wildman–Crippen LogP) is 6.13. The molecule has 0 N–H and O–H groups in total. The first-order chi connectivity index (χ1) is 15.9. The van der Waals surface area contributed by atoms with Crippen molar-refractivity contribution in [3.63, 3.8) is 0 Å². The lowest BCUT2D eigenvalue weighted by Gasteiger charge is -2.24. The molecule has 4 nitrogen and oxygen atoms in total. The van der Waals surface area contributed by atoms with Gasteiger partial charge in [0.15, 0.2) is 0 Å². The smallest absolute Gasteiger partial charge is 0.269 e. The fraction of sp³-hybridized carbons (Fsp3) is 0.192. The normalized spacial score (nSPS) is 13.5. The maximum Gasteiger partial charge on any atom is 0.325 e. The van der Waals surface area contributed by atoms with E-state index in [0.29, 0.717) is 11.1 Å². The van der Waals surface area contributed by atoms with E-state index in [-0.39, 0.29) is 5.71 Å². The molecular formula is C26H23F2NO3S. The molecule has 0 saturated carbocycles. The van der Waals surface area contributed by atoms with Gasteiger partial charge >= 0.3 is 10.1 Å². The third-order valence-electron chi connectivity index (χ3n) is 5.70. The van der Waals surface area contributed by atoms with Crippen LogP contribution in [0.2, 0.25) is 0 Å². The highest BCUT2D eigenvalue weighted by Gasteiger charge is 2.31. The van der Waals surface area contributed by atoms with E-state index in [1.165, 1.54) is 0 Å². The number of alkyl halides is 2. The van der Waals surface area contributed by atoms with Crippen LogP contribution in [-0.2, 0) is 14.4 Å². The standard InChI is InChI=1S/C26H23F2NO3S/c1-33(30,31)32-29-26(24(16-27)22-14-6-10-18-8-2-4-12-20(18)22)25(17-28)23-15-7-11-19-9-3-5-13-21(19)23/h2-15,24-25H,16-17H2,1H3. The summed E-state index contributed by atoms with van der Waals surface area (Å²) < 4.78 is 57.5. The Morgan fingerprint density at radius 1 is 0.758 bits per heavy atom. The Morgan fingerprint density at radius 2 is 1.18 bits per heavy atom. The number of nitrogens with zero attached hydrogens (tertiary/aromatic N) is 1. The van der Waals surface area contributed by atoms with E-state index >= 15 is 0 Å². The average molecular weight is 468 g/mol. The third-order valence-corrected chi connectivity index (χ3v) is 6.04. The molecule has 4 aromatic carbocycles. The number of fused-ring (bicyclic) bond motifs is 2. The van der Waals surface area contributed by atoms with Crippen molar-refractivity contribution in [2.75, 3.05) is 19.6 Å². The van der Waals surface area contributed by atoms with Gasteiger partial charge in [-0.1, -0.05) is 90.1 Å². The van der Waals surface area contributed by atoms with E-state index in [1.807, 2.05) is 60.7 Å². The lowest BCUT2D eigenvalue weighted by Crippen LogP contribution is -2.25. The Balaban J connectivity index is 1.93. The second-order valence-electron chi connectivity index (χ2n) is 7.85. The summed E-state index contributed by atoms with van der Waals surface area (Å²) >= 11 is 0. The van der Waals surface area contributed by atoms with Crippen LogP contribution >= 0.6 is 0 Å². The van der Waals surface area contributed by atoms with Crippen LogP contribution in [0, 0.1) is 0 Å². The van der Waals surface area contributed by atoms with Gasteiger partial charge in [0.2, 0.25) is 0 Å². The molecule has 2 atom stereocenters. The summed E-state index contributed by atoms with van der Waals surface area (Å²) in [6, 6.07) is 25.8. The molecule has 2 unspecified atom stereocenters. The summed E-state index contributed by atoms with van der Waals surface area (Å²) in [6.45, 7) is -1.80. The van der Waals surface area contributed by atoms with Crippen LogP contribution in [0.1, 0.15) is 23.0 Å². The van der Waals surface area contributed by atoms with Crippen LogP contribution in [0.25, 0.3) is 21.5 Å². The molecule has 0 radical (unpaired) electrons. The minimum absolute atomic E-state index is 0.0156. The Hall–Kier alpha value is -3.32. The van der Waals surface area contributed by atoms with Gasteiger partial charge in [-0.15, -0.1) is 0 Å². The minimum Gasteiger partial charge on any atom is -0.269 e. The van der Waals surface area contributed by atoms with Gasteiger partial charge in [0.05, 0.1) is 23.8 Å². The molecule has 4 rings (SSSR count). The van der Waals surface area contributed by atoms with E-state index in [1.54, 1.807) is 24.3 Å². The zero-order valence-electron chi connectivity index (χ0n) is 18.0. The monoisotopic (exact) mass is 467 g/mol. The number of halogens is 2. The van der Waals surface area contributed by atoms with Gasteiger partial charge in [-0.2, -0.15) is 8.42 Å². The van der Waals surface area contributed by atoms with Crippen molar-refractivity contribution in [1.29, 1.82) is 0 Å². The average Bonchev–Trinajstić information content (AvgIpc) is 2.82. The molecule has 0 aliphatic rings. The minimum atomic E-state index is -3.98. The SMILES string of the molecule is CS(=O)(=O)ON=C(C(CF)c1cccc2ccccc12)C(CF)c1cccc2ccccc12. The maximum atomic E-state index is 14.7. The lowest BCUT2D eigenvalue weighted by atomic mass is 9.81. The third kappa shape index (κ3) is 4.88. The van der Waals surface area contributed by atoms with Gasteiger partial charge < -0.3 is 0 Å². The molecule has 33 heavy (non-hydrogen) atoms. The Bertz CT molecular complexity index is 1320. The molecule has 4 aromatic rings. The zero-order valence-corrected chi connectivity index (χ0v) is 18.8. The van der Waals surface area contributed by atoms with Crippen LogP contribution < -0.4 is 0 Å². The summed E-state index contributed by atoms with van der Waals surface area (Å²) in [5, 5.41) is 7.19. The molecule has 170 valence electrons. The van der Waals surface area contributed by atoms with Crippen molar-refractivity contribution >= 4 is 37.4 Å². The van der Waals surface area contributed by atoms with E-state index in [4.69, 9.17) is 4.28 Å². The van der Waals surface area contributed by atoms with E-state index < -0.39 is 35.3 Å². The quantitative estimate of drug-likeness (QED) is 0.231. The van der Waals surface area contributed by atoms with Gasteiger partial charge in [-0.3, -0.25) is 13.1 Å². The van der Waals surface area contributed by atoms with Crippen molar-refractivity contribution in [2.45, 2.75) is 11.8 Å². The first kappa shape index (κ1) is 22.9. The number of benzene rings is 4. The van der Waals surface area contributed by atoms with Crippen LogP contribution in [0.5, 0.6) is 0 Å². The van der Waals surface area contributed by atoms with Crippen LogP contribution in [0.3, 0.4) is 0 Å². The molecule has 0 heterocycles. The fourth-order valence-corrected chi connectivity index (χ4v) is 4.45. The molecule has 0 bridgehead atoms. The van der Waals surface area contributed by atoms with Crippen molar-refractivity contribution in [1.82, 2.24) is 0 Å². The van der Waals surface area contributed by atoms with Crippen molar-refractivity contribution in [3.8, 4) is 0 Å². The molecular weight excluding hydrogens is 444 g/mol. The second-order valence-corrected chi connectivity index (χ2v) is 9.40. The Kier molecular flexibility index (Phi) is 6.70. The lowest BCUT2D eigenvalue weighted by molar-refractivity contribution is 0.333. The second kappa shape index (κ2) is 9.67. The molecule has 0 aliphatic carbocycles. The van der Waals surface area contributed by atoms with Crippen LogP contribution in [0.4, 0.5) is 8.78 Å². The first-order valence-corrected chi connectivity index (χ1v) is 12.3. The number of oxime groups is 1. The van der Waals surface area contributed by atoms with E-state index in [9.17, 15) is 17.2 Å². The van der Waals surface area contributed by atoms with Crippen molar-refractivity contribution in [3.05, 3.63) is 96.1 Å². The molecule has 0 saturated heterocycles. The maximum absolute atomic E-state index is 14.7. The predicted molar refractivity (Wildman–Crippen MR) is 129 cm³/mol. The highest BCUT2D eigenvalue weighted by molar-refractivity contribution is 7.85. The van der Waals surface area contributed by atoms with E-state index in [2.05, 4.69) is 5.16 Å². The van der Waals surface area contributed by atoms with Gasteiger partial charge in [0.25, 0.3) is 0 Å². The highest BCUT2D eigenvalue weighted by atomic mass is 32.2. The molecule has 0 fully saturated rings. The summed E-state index contributed by atoms with van der Waals surface area (Å²) in [5.74, 6) is -2.00. The molecule has 0 amide bonds. The molecule has 0 aromatic heterocycles. The first-order valence-electron chi connectivity index (χ1n) is 10.5. The number of hydrogen-bond acceptors (Lipinski definition) is 4. The summed E-state index contributed by atoms with van der Waals surface area (Å²) in [5.41, 5.74) is 1.16. The largest absolute Gasteiger partial charge is 0.325 e. The van der Waals surface area contributed by atoms with Crippen LogP contribution in [-0.4, -0.2) is 33.7 Å². The summed E-state index contributed by atoms with van der Waals surface area (Å²) in [6.07, 6.45) is 0.846. The van der Waals surface area contributed by atoms with Gasteiger partial charge in [0, 0.05) is 0 Å². The van der Waals surface area contributed by atoms with Gasteiger partial charge in [-0.25, -0.2) is 0 Å². The number of rotatable bonds is 8. The van der Waals surface area contributed by atoms with Gasteiger partial charge in [0.1, 0.15) is 13.3 Å². The molecule has 0 spiro atoms. The topological polar surface area (TPSA) is 55.7 Å². The fourth-order valence-electron chi connectivity index (χ4n) is 4.23. The summed E-state index contributed by atoms with van der Waals surface area (Å²) in [7, 11) is -3.98. The number of hydrogen-bond donors (Lipinski definition) is 0.